The summed E-state index contributed by atoms with van der Waals surface area (Å²) < 4.78 is 1.52. The van der Waals surface area contributed by atoms with Gasteiger partial charge in [-0.1, -0.05) is 26.0 Å². The zero-order valence-electron chi connectivity index (χ0n) is 16.8. The van der Waals surface area contributed by atoms with Crippen molar-refractivity contribution in [3.8, 4) is 5.69 Å². The number of anilines is 1. The number of nitrogen functional groups attached to an aromatic ring is 1. The van der Waals surface area contributed by atoms with E-state index in [0.717, 1.165) is 36.4 Å². The topological polar surface area (TPSA) is 90.2 Å². The van der Waals surface area contributed by atoms with Crippen LogP contribution in [0.5, 0.6) is 0 Å². The average Bonchev–Trinajstić information content (AvgIpc) is 3.12. The van der Waals surface area contributed by atoms with Gasteiger partial charge in [-0.15, -0.1) is 0 Å². The molecule has 150 valence electrons. The van der Waals surface area contributed by atoms with Crippen LogP contribution in [-0.4, -0.2) is 40.1 Å². The zero-order valence-corrected chi connectivity index (χ0v) is 16.8. The Bertz CT molecular complexity index is 863. The van der Waals surface area contributed by atoms with Crippen LogP contribution >= 0.6 is 0 Å². The van der Waals surface area contributed by atoms with Crippen molar-refractivity contribution in [1.82, 2.24) is 14.5 Å². The van der Waals surface area contributed by atoms with E-state index in [1.807, 2.05) is 12.1 Å². The monoisotopic (exact) mass is 381 g/mol. The van der Waals surface area contributed by atoms with Crippen molar-refractivity contribution in [2.45, 2.75) is 32.7 Å². The van der Waals surface area contributed by atoms with Crippen molar-refractivity contribution in [3.63, 3.8) is 0 Å². The van der Waals surface area contributed by atoms with Crippen LogP contribution in [0.15, 0.2) is 41.3 Å². The SMILES string of the molecule is CC(C)CC(Cc1ccc(-n2ccc(N)nc2=O)cc1)N1C[C@@H]2C(CN)[C@@H]2C1. The fraction of sp³-hybridized carbons (Fsp3) is 0.545. The molecule has 1 aliphatic heterocycles. The molecule has 0 amide bonds. The van der Waals surface area contributed by atoms with Gasteiger partial charge in [-0.3, -0.25) is 9.47 Å². The van der Waals surface area contributed by atoms with Crippen LogP contribution in [-0.2, 0) is 6.42 Å². The van der Waals surface area contributed by atoms with Gasteiger partial charge in [0.25, 0.3) is 0 Å². The van der Waals surface area contributed by atoms with E-state index in [0.29, 0.717) is 12.0 Å². The lowest BCUT2D eigenvalue weighted by molar-refractivity contribution is 0.182. The molecule has 0 spiro atoms. The quantitative estimate of drug-likeness (QED) is 0.765. The second-order valence-electron chi connectivity index (χ2n) is 8.84. The molecule has 2 fully saturated rings. The van der Waals surface area contributed by atoms with E-state index in [2.05, 4.69) is 35.9 Å². The molecule has 1 aliphatic carbocycles. The Balaban J connectivity index is 1.46. The van der Waals surface area contributed by atoms with Crippen molar-refractivity contribution in [3.05, 3.63) is 52.6 Å². The second kappa shape index (κ2) is 7.68. The molecule has 4 N–H and O–H groups in total. The third kappa shape index (κ3) is 3.84. The molecule has 6 nitrogen and oxygen atoms in total. The van der Waals surface area contributed by atoms with Gasteiger partial charge in [0, 0.05) is 25.3 Å². The second-order valence-corrected chi connectivity index (χ2v) is 8.84. The van der Waals surface area contributed by atoms with Gasteiger partial charge in [-0.05, 0) is 66.8 Å². The summed E-state index contributed by atoms with van der Waals surface area (Å²) in [6.07, 6.45) is 3.92. The summed E-state index contributed by atoms with van der Waals surface area (Å²) in [5.41, 5.74) is 13.2. The van der Waals surface area contributed by atoms with Gasteiger partial charge in [0.1, 0.15) is 5.82 Å². The van der Waals surface area contributed by atoms with E-state index < -0.39 is 0 Å². The van der Waals surface area contributed by atoms with Gasteiger partial charge in [-0.25, -0.2) is 4.79 Å². The van der Waals surface area contributed by atoms with Crippen molar-refractivity contribution >= 4 is 5.82 Å². The Morgan fingerprint density at radius 1 is 1.14 bits per heavy atom. The fourth-order valence-electron chi connectivity index (χ4n) is 4.91. The number of rotatable bonds is 7. The predicted octanol–water partition coefficient (Wildman–Crippen LogP) is 1.91. The van der Waals surface area contributed by atoms with Crippen LogP contribution in [0.25, 0.3) is 5.69 Å². The smallest absolute Gasteiger partial charge is 0.354 e. The predicted molar refractivity (Wildman–Crippen MR) is 112 cm³/mol. The molecule has 4 rings (SSSR count). The average molecular weight is 382 g/mol. The maximum absolute atomic E-state index is 12.0. The highest BCUT2D eigenvalue weighted by Crippen LogP contribution is 2.51. The molecule has 2 aliphatic rings. The molecular weight excluding hydrogens is 350 g/mol. The lowest BCUT2D eigenvalue weighted by Gasteiger charge is -2.31. The van der Waals surface area contributed by atoms with Crippen molar-refractivity contribution in [1.29, 1.82) is 0 Å². The highest BCUT2D eigenvalue weighted by Gasteiger charge is 2.55. The lowest BCUT2D eigenvalue weighted by atomic mass is 9.95. The molecule has 2 unspecified atom stereocenters. The first-order chi connectivity index (χ1) is 13.5. The van der Waals surface area contributed by atoms with Gasteiger partial charge >= 0.3 is 5.69 Å². The number of hydrogen-bond donors (Lipinski definition) is 2. The molecule has 1 aromatic carbocycles. The van der Waals surface area contributed by atoms with Crippen molar-refractivity contribution in [2.24, 2.45) is 29.4 Å². The largest absolute Gasteiger partial charge is 0.383 e. The van der Waals surface area contributed by atoms with E-state index in [9.17, 15) is 4.79 Å². The summed E-state index contributed by atoms with van der Waals surface area (Å²) in [5.74, 6) is 3.33. The zero-order chi connectivity index (χ0) is 19.8. The molecule has 0 bridgehead atoms. The van der Waals surface area contributed by atoms with Crippen LogP contribution in [0, 0.1) is 23.7 Å². The minimum atomic E-state index is -0.351. The first kappa shape index (κ1) is 19.2. The van der Waals surface area contributed by atoms with Gasteiger partial charge < -0.3 is 11.5 Å². The Morgan fingerprint density at radius 3 is 2.39 bits per heavy atom. The van der Waals surface area contributed by atoms with E-state index in [1.54, 1.807) is 12.3 Å². The van der Waals surface area contributed by atoms with Gasteiger partial charge in [0.2, 0.25) is 0 Å². The number of aromatic nitrogens is 2. The maximum Gasteiger partial charge on any atom is 0.354 e. The summed E-state index contributed by atoms with van der Waals surface area (Å²) in [4.78, 5) is 18.5. The van der Waals surface area contributed by atoms with Crippen LogP contribution in [0.4, 0.5) is 5.82 Å². The number of nitrogens with two attached hydrogens (primary N) is 2. The first-order valence-electron chi connectivity index (χ1n) is 10.3. The lowest BCUT2D eigenvalue weighted by Crippen LogP contribution is -2.38. The third-order valence-electron chi connectivity index (χ3n) is 6.44. The molecule has 2 aromatic rings. The Kier molecular flexibility index (Phi) is 5.25. The number of fused-ring (bicyclic) bond motifs is 1. The Morgan fingerprint density at radius 2 is 1.82 bits per heavy atom. The molecular formula is C22H31N5O. The number of benzene rings is 1. The minimum absolute atomic E-state index is 0.245. The van der Waals surface area contributed by atoms with Gasteiger partial charge in [0.05, 0.1) is 5.69 Å². The normalized spacial score (nSPS) is 25.1. The molecule has 28 heavy (non-hydrogen) atoms. The van der Waals surface area contributed by atoms with Crippen molar-refractivity contribution < 1.29 is 0 Å². The summed E-state index contributed by atoms with van der Waals surface area (Å²) in [7, 11) is 0. The molecule has 1 saturated heterocycles. The number of nitrogens with zero attached hydrogens (tertiary/aromatic N) is 3. The van der Waals surface area contributed by atoms with E-state index in [4.69, 9.17) is 11.5 Å². The molecule has 6 heteroatoms. The van der Waals surface area contributed by atoms with E-state index >= 15 is 0 Å². The van der Waals surface area contributed by atoms with Crippen LogP contribution in [0.2, 0.25) is 0 Å². The van der Waals surface area contributed by atoms with Crippen molar-refractivity contribution in [2.75, 3.05) is 25.4 Å². The number of hydrogen-bond acceptors (Lipinski definition) is 5. The molecule has 0 radical (unpaired) electrons. The number of piperidine rings is 1. The standard InChI is InChI=1S/C22H31N5O/c1-14(2)9-17(26-12-19-18(11-23)20(19)13-26)10-15-3-5-16(6-4-15)27-8-7-21(24)25-22(27)28/h3-8,14,17-20H,9-13,23H2,1-2H3,(H2,24,25,28)/t17?,18?,19-,20+. The highest BCUT2D eigenvalue weighted by atomic mass is 16.1. The van der Waals surface area contributed by atoms with E-state index in [1.165, 1.54) is 29.6 Å². The molecule has 1 aromatic heterocycles. The summed E-state index contributed by atoms with van der Waals surface area (Å²) in [6.45, 7) is 7.86. The highest BCUT2D eigenvalue weighted by molar-refractivity contribution is 5.36. The van der Waals surface area contributed by atoms with Crippen LogP contribution in [0.1, 0.15) is 25.8 Å². The molecule has 2 heterocycles. The van der Waals surface area contributed by atoms with E-state index in [-0.39, 0.29) is 11.5 Å². The third-order valence-corrected chi connectivity index (χ3v) is 6.44. The van der Waals surface area contributed by atoms with Crippen LogP contribution in [0.3, 0.4) is 0 Å². The molecule has 1 saturated carbocycles. The van der Waals surface area contributed by atoms with Gasteiger partial charge in [0.15, 0.2) is 0 Å². The Hall–Kier alpha value is -2.18. The maximum atomic E-state index is 12.0. The summed E-state index contributed by atoms with van der Waals surface area (Å²) >= 11 is 0. The summed E-state index contributed by atoms with van der Waals surface area (Å²) in [6, 6.07) is 10.5. The number of likely N-dealkylation sites (tertiary alicyclic amines) is 1. The van der Waals surface area contributed by atoms with Crippen LogP contribution < -0.4 is 17.2 Å². The Labute approximate surface area is 166 Å². The molecule has 4 atom stereocenters. The summed E-state index contributed by atoms with van der Waals surface area (Å²) in [5, 5.41) is 0. The minimum Gasteiger partial charge on any atom is -0.383 e. The fourth-order valence-corrected chi connectivity index (χ4v) is 4.91. The van der Waals surface area contributed by atoms with Gasteiger partial charge in [-0.2, -0.15) is 4.98 Å². The first-order valence-corrected chi connectivity index (χ1v) is 10.3.